The molecule has 0 aliphatic rings. The molecule has 39 heavy (non-hydrogen) atoms. The van der Waals surface area contributed by atoms with E-state index < -0.39 is 28.5 Å². The van der Waals surface area contributed by atoms with Crippen molar-refractivity contribution in [2.45, 2.75) is 52.2 Å². The summed E-state index contributed by atoms with van der Waals surface area (Å²) in [7, 11) is -3.80. The van der Waals surface area contributed by atoms with Crippen molar-refractivity contribution in [2.24, 2.45) is 0 Å². The van der Waals surface area contributed by atoms with Crippen LogP contribution in [0.3, 0.4) is 0 Å². The van der Waals surface area contributed by atoms with Gasteiger partial charge in [0, 0.05) is 24.0 Å². The molecule has 0 bridgehead atoms. The number of hydrogen-bond donors (Lipinski definition) is 1. The second kappa shape index (κ2) is 13.6. The number of amides is 2. The summed E-state index contributed by atoms with van der Waals surface area (Å²) >= 11 is 6.09. The summed E-state index contributed by atoms with van der Waals surface area (Å²) < 4.78 is 26.8. The number of carbonyl (C=O) groups is 2. The fourth-order valence-electron chi connectivity index (χ4n) is 4.18. The number of halogens is 1. The van der Waals surface area contributed by atoms with Crippen molar-refractivity contribution >= 4 is 39.1 Å². The predicted molar refractivity (Wildman–Crippen MR) is 157 cm³/mol. The summed E-state index contributed by atoms with van der Waals surface area (Å²) in [4.78, 5) is 29.2. The number of carbonyl (C=O) groups excluding carboxylic acids is 2. The number of sulfonamides is 1. The molecule has 0 fully saturated rings. The van der Waals surface area contributed by atoms with Crippen LogP contribution in [0.25, 0.3) is 0 Å². The summed E-state index contributed by atoms with van der Waals surface area (Å²) in [6, 6.07) is 22.5. The number of hydrogen-bond acceptors (Lipinski definition) is 4. The first kappa shape index (κ1) is 30.2. The molecule has 0 saturated heterocycles. The molecule has 2 amide bonds. The first-order chi connectivity index (χ1) is 18.5. The lowest BCUT2D eigenvalue weighted by Gasteiger charge is -2.34. The molecule has 3 aromatic rings. The lowest BCUT2D eigenvalue weighted by atomic mass is 10.0. The van der Waals surface area contributed by atoms with E-state index in [0.717, 1.165) is 33.7 Å². The highest BCUT2D eigenvalue weighted by molar-refractivity contribution is 7.92. The molecule has 0 heterocycles. The predicted octanol–water partition coefficient (Wildman–Crippen LogP) is 4.97. The average molecular weight is 570 g/mol. The number of aryl methyl sites for hydroxylation is 1. The lowest BCUT2D eigenvalue weighted by Crippen LogP contribution is -2.54. The number of anilines is 1. The van der Waals surface area contributed by atoms with Crippen LogP contribution in [-0.4, -0.2) is 50.0 Å². The van der Waals surface area contributed by atoms with Gasteiger partial charge < -0.3 is 10.2 Å². The molecule has 7 nitrogen and oxygen atoms in total. The van der Waals surface area contributed by atoms with Gasteiger partial charge in [0.25, 0.3) is 0 Å². The minimum atomic E-state index is -3.80. The third-order valence-electron chi connectivity index (χ3n) is 6.51. The second-order valence-corrected chi connectivity index (χ2v) is 12.1. The lowest BCUT2D eigenvalue weighted by molar-refractivity contribution is -0.140. The minimum Gasteiger partial charge on any atom is -0.352 e. The van der Waals surface area contributed by atoms with Crippen LogP contribution in [0.5, 0.6) is 0 Å². The van der Waals surface area contributed by atoms with Gasteiger partial charge >= 0.3 is 0 Å². The van der Waals surface area contributed by atoms with Gasteiger partial charge in [-0.05, 0) is 61.2 Å². The smallest absolute Gasteiger partial charge is 0.244 e. The maximum absolute atomic E-state index is 14.0. The van der Waals surface area contributed by atoms with E-state index in [2.05, 4.69) is 5.32 Å². The van der Waals surface area contributed by atoms with E-state index in [4.69, 9.17) is 11.6 Å². The molecular weight excluding hydrogens is 534 g/mol. The van der Waals surface area contributed by atoms with Crippen molar-refractivity contribution in [3.05, 3.63) is 101 Å². The third kappa shape index (κ3) is 8.83. The Hall–Kier alpha value is -3.36. The Morgan fingerprint density at radius 3 is 2.21 bits per heavy atom. The highest BCUT2D eigenvalue weighted by Crippen LogP contribution is 2.22. The Labute approximate surface area is 236 Å². The summed E-state index contributed by atoms with van der Waals surface area (Å²) in [6.07, 6.45) is 2.07. The zero-order valence-corrected chi connectivity index (χ0v) is 24.4. The molecule has 0 spiro atoms. The molecular formula is C30H36ClN3O4S. The molecule has 2 atom stereocenters. The first-order valence-electron chi connectivity index (χ1n) is 12.9. The number of nitrogens with one attached hydrogen (secondary N) is 1. The Morgan fingerprint density at radius 1 is 0.949 bits per heavy atom. The van der Waals surface area contributed by atoms with Gasteiger partial charge in [0.05, 0.1) is 11.9 Å². The van der Waals surface area contributed by atoms with Gasteiger partial charge in [0.1, 0.15) is 12.6 Å². The fraction of sp³-hybridized carbons (Fsp3) is 0.333. The van der Waals surface area contributed by atoms with Crippen molar-refractivity contribution in [3.8, 4) is 0 Å². The van der Waals surface area contributed by atoms with Crippen LogP contribution in [0, 0.1) is 6.92 Å². The Kier molecular flexibility index (Phi) is 10.5. The van der Waals surface area contributed by atoms with E-state index in [1.807, 2.05) is 57.2 Å². The maximum Gasteiger partial charge on any atom is 0.244 e. The van der Waals surface area contributed by atoms with Gasteiger partial charge in [-0.1, -0.05) is 73.1 Å². The summed E-state index contributed by atoms with van der Waals surface area (Å²) in [5.74, 6) is -0.783. The van der Waals surface area contributed by atoms with Crippen LogP contribution in [-0.2, 0) is 32.6 Å². The average Bonchev–Trinajstić information content (AvgIpc) is 2.90. The normalized spacial score (nSPS) is 12.8. The quantitative estimate of drug-likeness (QED) is 0.334. The van der Waals surface area contributed by atoms with Crippen molar-refractivity contribution in [2.75, 3.05) is 17.1 Å². The fourth-order valence-corrected chi connectivity index (χ4v) is 5.15. The molecule has 0 radical (unpaired) electrons. The first-order valence-corrected chi connectivity index (χ1v) is 15.1. The molecule has 0 saturated carbocycles. The van der Waals surface area contributed by atoms with Crippen LogP contribution in [0.2, 0.25) is 5.02 Å². The van der Waals surface area contributed by atoms with Gasteiger partial charge in [-0.15, -0.1) is 0 Å². The molecule has 1 N–H and O–H groups in total. The Bertz CT molecular complexity index is 1360. The van der Waals surface area contributed by atoms with Crippen LogP contribution in [0.4, 0.5) is 5.69 Å². The van der Waals surface area contributed by atoms with E-state index in [0.29, 0.717) is 10.7 Å². The molecule has 3 rings (SSSR count). The zero-order valence-electron chi connectivity index (χ0n) is 22.8. The Balaban J connectivity index is 2.05. The molecule has 0 aliphatic heterocycles. The van der Waals surface area contributed by atoms with Crippen LogP contribution >= 0.6 is 11.6 Å². The summed E-state index contributed by atoms with van der Waals surface area (Å²) in [6.45, 7) is 5.39. The second-order valence-electron chi connectivity index (χ2n) is 9.78. The van der Waals surface area contributed by atoms with Gasteiger partial charge in [0.2, 0.25) is 21.8 Å². The van der Waals surface area contributed by atoms with Gasteiger partial charge in [-0.2, -0.15) is 0 Å². The van der Waals surface area contributed by atoms with Crippen LogP contribution < -0.4 is 9.62 Å². The van der Waals surface area contributed by atoms with Crippen LogP contribution in [0.15, 0.2) is 78.9 Å². The van der Waals surface area contributed by atoms with E-state index in [-0.39, 0.29) is 24.9 Å². The summed E-state index contributed by atoms with van der Waals surface area (Å²) in [5, 5.41) is 3.57. The molecule has 9 heteroatoms. The van der Waals surface area contributed by atoms with E-state index in [9.17, 15) is 18.0 Å². The van der Waals surface area contributed by atoms with Gasteiger partial charge in [0.15, 0.2) is 0 Å². The van der Waals surface area contributed by atoms with E-state index >= 15 is 0 Å². The molecule has 3 aromatic carbocycles. The van der Waals surface area contributed by atoms with Crippen molar-refractivity contribution in [3.63, 3.8) is 0 Å². The van der Waals surface area contributed by atoms with Gasteiger partial charge in [-0.25, -0.2) is 8.42 Å². The molecule has 208 valence electrons. The maximum atomic E-state index is 14.0. The van der Waals surface area contributed by atoms with Crippen molar-refractivity contribution in [1.82, 2.24) is 10.2 Å². The topological polar surface area (TPSA) is 86.8 Å². The number of rotatable bonds is 12. The summed E-state index contributed by atoms with van der Waals surface area (Å²) in [5.41, 5.74) is 2.90. The molecule has 0 aromatic heterocycles. The Morgan fingerprint density at radius 2 is 1.62 bits per heavy atom. The van der Waals surface area contributed by atoms with E-state index in [1.54, 1.807) is 42.5 Å². The molecule has 0 aliphatic carbocycles. The largest absolute Gasteiger partial charge is 0.352 e. The monoisotopic (exact) mass is 569 g/mol. The van der Waals surface area contributed by atoms with Crippen molar-refractivity contribution in [1.29, 1.82) is 0 Å². The standard InChI is InChI=1S/C30H36ClN3O4S/c1-5-23(3)32-30(36)28(19-24-11-7-6-8-12-24)33(20-25-14-16-26(31)17-15-25)29(35)21-34(39(4,37)38)27-13-9-10-22(2)18-27/h6-18,23,28H,5,19-21H2,1-4H3,(H,32,36). The third-order valence-corrected chi connectivity index (χ3v) is 7.90. The highest BCUT2D eigenvalue weighted by Gasteiger charge is 2.33. The minimum absolute atomic E-state index is 0.0944. The van der Waals surface area contributed by atoms with E-state index in [1.165, 1.54) is 4.90 Å². The van der Waals surface area contributed by atoms with Gasteiger partial charge in [-0.3, -0.25) is 13.9 Å². The number of nitrogens with zero attached hydrogens (tertiary/aromatic N) is 2. The highest BCUT2D eigenvalue weighted by atomic mass is 35.5. The van der Waals surface area contributed by atoms with Crippen molar-refractivity contribution < 1.29 is 18.0 Å². The SMILES string of the molecule is CCC(C)NC(=O)C(Cc1ccccc1)N(Cc1ccc(Cl)cc1)C(=O)CN(c1cccc(C)c1)S(C)(=O)=O. The zero-order chi connectivity index (χ0) is 28.6. The molecule has 2 unspecified atom stereocenters. The number of benzene rings is 3. The van der Waals surface area contributed by atoms with Crippen LogP contribution in [0.1, 0.15) is 37.0 Å².